The maximum absolute atomic E-state index is 12.5. The van der Waals surface area contributed by atoms with Crippen molar-refractivity contribution in [2.45, 2.75) is 51.4 Å². The summed E-state index contributed by atoms with van der Waals surface area (Å²) in [6, 6.07) is 15.5. The largest absolute Gasteiger partial charge is 0.366 e. The SMILES string of the molecule is NC(=O)c1cccc(-c2cn[nH]c2)c1-c1nc(CCCCCC(=O)N2CCCCC2)cn1-c1ccccc1. The van der Waals surface area contributed by atoms with E-state index in [2.05, 4.69) is 10.2 Å². The molecule has 4 aromatic rings. The average Bonchev–Trinajstić information content (AvgIpc) is 3.64. The first-order valence-corrected chi connectivity index (χ1v) is 13.5. The van der Waals surface area contributed by atoms with Gasteiger partial charge in [0.05, 0.1) is 17.5 Å². The van der Waals surface area contributed by atoms with Gasteiger partial charge in [-0.05, 0) is 62.3 Å². The number of carbonyl (C=O) groups excluding carboxylic acids is 2. The monoisotopic (exact) mass is 510 g/mol. The van der Waals surface area contributed by atoms with E-state index in [1.165, 1.54) is 6.42 Å². The smallest absolute Gasteiger partial charge is 0.249 e. The topological polar surface area (TPSA) is 110 Å². The maximum atomic E-state index is 12.5. The van der Waals surface area contributed by atoms with Crippen molar-refractivity contribution in [1.82, 2.24) is 24.6 Å². The van der Waals surface area contributed by atoms with Crippen LogP contribution in [-0.4, -0.2) is 49.6 Å². The van der Waals surface area contributed by atoms with Crippen molar-refractivity contribution in [2.24, 2.45) is 5.73 Å². The fourth-order valence-corrected chi connectivity index (χ4v) is 5.21. The molecule has 8 heteroatoms. The van der Waals surface area contributed by atoms with Crippen molar-refractivity contribution in [3.8, 4) is 28.2 Å². The van der Waals surface area contributed by atoms with Gasteiger partial charge >= 0.3 is 0 Å². The maximum Gasteiger partial charge on any atom is 0.249 e. The molecule has 2 amide bonds. The average molecular weight is 511 g/mol. The zero-order valence-electron chi connectivity index (χ0n) is 21.6. The summed E-state index contributed by atoms with van der Waals surface area (Å²) in [5, 5.41) is 6.95. The summed E-state index contributed by atoms with van der Waals surface area (Å²) >= 11 is 0. The summed E-state index contributed by atoms with van der Waals surface area (Å²) in [7, 11) is 0. The Morgan fingerprint density at radius 2 is 1.76 bits per heavy atom. The van der Waals surface area contributed by atoms with Crippen LogP contribution in [0.25, 0.3) is 28.2 Å². The second-order valence-corrected chi connectivity index (χ2v) is 9.84. The van der Waals surface area contributed by atoms with Gasteiger partial charge in [-0.2, -0.15) is 5.10 Å². The predicted molar refractivity (Wildman–Crippen MR) is 148 cm³/mol. The first-order valence-electron chi connectivity index (χ1n) is 13.5. The molecule has 0 bridgehead atoms. The van der Waals surface area contributed by atoms with E-state index >= 15 is 0 Å². The van der Waals surface area contributed by atoms with Crippen LogP contribution in [0.3, 0.4) is 0 Å². The van der Waals surface area contributed by atoms with E-state index in [1.807, 2.05) is 58.1 Å². The number of imidazole rings is 1. The lowest BCUT2D eigenvalue weighted by atomic mass is 9.96. The van der Waals surface area contributed by atoms with E-state index in [9.17, 15) is 9.59 Å². The predicted octanol–water partition coefficient (Wildman–Crippen LogP) is 5.14. The van der Waals surface area contributed by atoms with Crippen LogP contribution in [0.5, 0.6) is 0 Å². The number of H-pyrrole nitrogens is 1. The fraction of sp³-hybridized carbons (Fsp3) is 0.333. The van der Waals surface area contributed by atoms with Gasteiger partial charge in [0.2, 0.25) is 11.8 Å². The van der Waals surface area contributed by atoms with E-state index in [1.54, 1.807) is 18.5 Å². The Morgan fingerprint density at radius 1 is 0.947 bits per heavy atom. The number of nitrogens with two attached hydrogens (primary N) is 1. The molecule has 196 valence electrons. The molecule has 1 saturated heterocycles. The minimum absolute atomic E-state index is 0.287. The quantitative estimate of drug-likeness (QED) is 0.288. The molecule has 1 aliphatic heterocycles. The highest BCUT2D eigenvalue weighted by Gasteiger charge is 2.22. The third-order valence-corrected chi connectivity index (χ3v) is 7.19. The van der Waals surface area contributed by atoms with Crippen molar-refractivity contribution in [2.75, 3.05) is 13.1 Å². The van der Waals surface area contributed by atoms with E-state index in [-0.39, 0.29) is 5.91 Å². The Balaban J connectivity index is 1.39. The minimum Gasteiger partial charge on any atom is -0.366 e. The molecule has 1 aliphatic rings. The molecule has 0 atom stereocenters. The molecular formula is C30H34N6O2. The van der Waals surface area contributed by atoms with Crippen LogP contribution in [0.2, 0.25) is 0 Å². The number of nitrogens with one attached hydrogen (secondary N) is 1. The molecule has 0 aliphatic carbocycles. The number of piperidine rings is 1. The molecule has 38 heavy (non-hydrogen) atoms. The highest BCUT2D eigenvalue weighted by Crippen LogP contribution is 2.35. The summed E-state index contributed by atoms with van der Waals surface area (Å²) in [6.07, 6.45) is 13.2. The Labute approximate surface area is 222 Å². The lowest BCUT2D eigenvalue weighted by Gasteiger charge is -2.26. The summed E-state index contributed by atoms with van der Waals surface area (Å²) in [6.45, 7) is 1.82. The van der Waals surface area contributed by atoms with Crippen LogP contribution >= 0.6 is 0 Å². The molecule has 0 radical (unpaired) electrons. The lowest BCUT2D eigenvalue weighted by molar-refractivity contribution is -0.132. The van der Waals surface area contributed by atoms with Gasteiger partial charge in [0.15, 0.2) is 0 Å². The first-order chi connectivity index (χ1) is 18.6. The van der Waals surface area contributed by atoms with Crippen molar-refractivity contribution in [1.29, 1.82) is 0 Å². The molecule has 0 spiro atoms. The zero-order valence-corrected chi connectivity index (χ0v) is 21.6. The number of hydrogen-bond donors (Lipinski definition) is 2. The molecule has 3 N–H and O–H groups in total. The van der Waals surface area contributed by atoms with Gasteiger partial charge in [-0.1, -0.05) is 36.8 Å². The summed E-state index contributed by atoms with van der Waals surface area (Å²) in [4.78, 5) is 32.0. The van der Waals surface area contributed by atoms with Gasteiger partial charge in [0.25, 0.3) is 0 Å². The van der Waals surface area contributed by atoms with Crippen molar-refractivity contribution >= 4 is 11.8 Å². The normalized spacial score (nSPS) is 13.5. The fourth-order valence-electron chi connectivity index (χ4n) is 5.21. The van der Waals surface area contributed by atoms with Gasteiger partial charge in [-0.3, -0.25) is 19.3 Å². The van der Waals surface area contributed by atoms with E-state index < -0.39 is 5.91 Å². The number of aromatic amines is 1. The number of nitrogens with zero attached hydrogens (tertiary/aromatic N) is 4. The number of likely N-dealkylation sites (tertiary alicyclic amines) is 1. The minimum atomic E-state index is -0.507. The second-order valence-electron chi connectivity index (χ2n) is 9.84. The number of hydrogen-bond acceptors (Lipinski definition) is 4. The van der Waals surface area contributed by atoms with Crippen molar-refractivity contribution in [3.05, 3.63) is 78.4 Å². The number of para-hydroxylation sites is 1. The van der Waals surface area contributed by atoms with Crippen LogP contribution in [-0.2, 0) is 11.2 Å². The molecule has 1 fully saturated rings. The Morgan fingerprint density at radius 3 is 2.50 bits per heavy atom. The van der Waals surface area contributed by atoms with Crippen LogP contribution in [0.15, 0.2) is 67.1 Å². The zero-order chi connectivity index (χ0) is 26.3. The summed E-state index contributed by atoms with van der Waals surface area (Å²) in [5.41, 5.74) is 10.5. The van der Waals surface area contributed by atoms with Gasteiger partial charge in [-0.15, -0.1) is 0 Å². The molecule has 0 unspecified atom stereocenters. The van der Waals surface area contributed by atoms with Crippen LogP contribution in [0.1, 0.15) is 61.0 Å². The van der Waals surface area contributed by atoms with E-state index in [0.29, 0.717) is 23.4 Å². The number of carbonyl (C=O) groups is 2. The van der Waals surface area contributed by atoms with Crippen molar-refractivity contribution in [3.63, 3.8) is 0 Å². The molecule has 3 heterocycles. The number of aromatic nitrogens is 4. The van der Waals surface area contributed by atoms with Gasteiger partial charge in [0.1, 0.15) is 5.82 Å². The van der Waals surface area contributed by atoms with Crippen LogP contribution in [0, 0.1) is 0 Å². The number of amides is 2. The number of unbranched alkanes of at least 4 members (excludes halogenated alkanes) is 2. The lowest BCUT2D eigenvalue weighted by Crippen LogP contribution is -2.35. The highest BCUT2D eigenvalue weighted by molar-refractivity contribution is 6.03. The standard InChI is InChI=1S/C30H34N6O2/c31-29(38)26-15-10-14-25(22-19-32-33-20-22)28(26)30-34-23(21-36(30)24-12-5-2-6-13-24)11-4-1-7-16-27(37)35-17-8-3-9-18-35/h2,5-6,10,12-15,19-21H,1,3-4,7-9,11,16-18H2,(H2,31,38)(H,32,33). The first kappa shape index (κ1) is 25.4. The Kier molecular flexibility index (Phi) is 7.97. The summed E-state index contributed by atoms with van der Waals surface area (Å²) in [5.74, 6) is 0.445. The number of aryl methyl sites for hydroxylation is 1. The number of rotatable bonds is 10. The summed E-state index contributed by atoms with van der Waals surface area (Å²) < 4.78 is 2.03. The van der Waals surface area contributed by atoms with E-state index in [4.69, 9.17) is 10.7 Å². The van der Waals surface area contributed by atoms with Gasteiger partial charge in [-0.25, -0.2) is 4.98 Å². The molecule has 8 nitrogen and oxygen atoms in total. The Bertz CT molecular complexity index is 1370. The highest BCUT2D eigenvalue weighted by atomic mass is 16.2. The molecule has 2 aromatic carbocycles. The van der Waals surface area contributed by atoms with Gasteiger partial charge < -0.3 is 10.6 Å². The molecule has 0 saturated carbocycles. The molecule has 5 rings (SSSR count). The number of primary amides is 1. The van der Waals surface area contributed by atoms with Crippen LogP contribution in [0.4, 0.5) is 0 Å². The second kappa shape index (κ2) is 11.9. The molecular weight excluding hydrogens is 476 g/mol. The van der Waals surface area contributed by atoms with Crippen molar-refractivity contribution < 1.29 is 9.59 Å². The Hall–Kier alpha value is -4.20. The van der Waals surface area contributed by atoms with Crippen LogP contribution < -0.4 is 5.73 Å². The van der Waals surface area contributed by atoms with Gasteiger partial charge in [0, 0.05) is 48.7 Å². The third kappa shape index (κ3) is 5.69. The number of benzene rings is 2. The molecule has 2 aromatic heterocycles. The third-order valence-electron chi connectivity index (χ3n) is 7.19. The van der Waals surface area contributed by atoms with E-state index in [0.717, 1.165) is 74.1 Å².